The van der Waals surface area contributed by atoms with Crippen LogP contribution in [0, 0.1) is 0 Å². The topological polar surface area (TPSA) is 38.4 Å². The van der Waals surface area contributed by atoms with Gasteiger partial charge < -0.3 is 5.73 Å². The molecule has 12 heavy (non-hydrogen) atoms. The molecule has 0 amide bonds. The molecule has 1 rings (SSSR count). The molecular formula is C10H14N2. The zero-order valence-corrected chi connectivity index (χ0v) is 7.54. The lowest BCUT2D eigenvalue weighted by Gasteiger charge is -1.96. The third-order valence-corrected chi connectivity index (χ3v) is 1.82. The molecule has 2 heteroatoms. The third kappa shape index (κ3) is 2.09. The van der Waals surface area contributed by atoms with E-state index in [1.165, 1.54) is 5.57 Å². The van der Waals surface area contributed by atoms with E-state index in [2.05, 4.69) is 24.1 Å². The largest absolute Gasteiger partial charge is 0.384 e. The van der Waals surface area contributed by atoms with Gasteiger partial charge in [0.15, 0.2) is 0 Å². The van der Waals surface area contributed by atoms with Gasteiger partial charge in [-0.15, -0.1) is 0 Å². The van der Waals surface area contributed by atoms with E-state index in [1.807, 2.05) is 12.2 Å². The van der Waals surface area contributed by atoms with Crippen molar-refractivity contribution in [2.24, 2.45) is 10.7 Å². The predicted octanol–water partition coefficient (Wildman–Crippen LogP) is 1.81. The number of nitrogens with two attached hydrogens (primary N) is 1. The number of nitrogens with zero attached hydrogens (tertiary/aromatic N) is 1. The molecule has 2 N–H and O–H groups in total. The Bertz CT molecular complexity index is 280. The minimum atomic E-state index is 0.595. The minimum Gasteiger partial charge on any atom is -0.384 e. The fourth-order valence-corrected chi connectivity index (χ4v) is 1.03. The van der Waals surface area contributed by atoms with Crippen molar-refractivity contribution in [3.63, 3.8) is 0 Å². The van der Waals surface area contributed by atoms with Crippen molar-refractivity contribution in [3.05, 3.63) is 35.5 Å². The van der Waals surface area contributed by atoms with Crippen LogP contribution in [0.4, 0.5) is 0 Å². The summed E-state index contributed by atoms with van der Waals surface area (Å²) >= 11 is 0. The summed E-state index contributed by atoms with van der Waals surface area (Å²) in [5, 5.41) is 0. The molecule has 0 aromatic heterocycles. The Morgan fingerprint density at radius 1 is 1.50 bits per heavy atom. The summed E-state index contributed by atoms with van der Waals surface area (Å²) < 4.78 is 0. The first-order chi connectivity index (χ1) is 5.74. The Kier molecular flexibility index (Phi) is 2.86. The van der Waals surface area contributed by atoms with Crippen LogP contribution in [0.15, 0.2) is 40.4 Å². The van der Waals surface area contributed by atoms with Crippen molar-refractivity contribution < 1.29 is 0 Å². The molecule has 64 valence electrons. The second-order valence-corrected chi connectivity index (χ2v) is 2.85. The monoisotopic (exact) mass is 162 g/mol. The van der Waals surface area contributed by atoms with E-state index >= 15 is 0 Å². The molecule has 1 aliphatic carbocycles. The van der Waals surface area contributed by atoms with Crippen LogP contribution in [-0.4, -0.2) is 12.9 Å². The first kappa shape index (κ1) is 8.78. The van der Waals surface area contributed by atoms with Gasteiger partial charge in [-0.25, -0.2) is 0 Å². The fraction of sp³-hybridized carbons (Fsp3) is 0.300. The average molecular weight is 162 g/mol. The van der Waals surface area contributed by atoms with E-state index in [4.69, 9.17) is 5.73 Å². The van der Waals surface area contributed by atoms with E-state index in [9.17, 15) is 0 Å². The highest BCUT2D eigenvalue weighted by atomic mass is 14.8. The van der Waals surface area contributed by atoms with Crippen LogP contribution >= 0.6 is 0 Å². The molecule has 0 aliphatic heterocycles. The molecule has 2 nitrogen and oxygen atoms in total. The highest BCUT2D eigenvalue weighted by Gasteiger charge is 1.98. The van der Waals surface area contributed by atoms with E-state index in [0.717, 1.165) is 12.0 Å². The van der Waals surface area contributed by atoms with Gasteiger partial charge in [0.2, 0.25) is 0 Å². The lowest BCUT2D eigenvalue weighted by Crippen LogP contribution is -2.12. The van der Waals surface area contributed by atoms with Crippen LogP contribution in [-0.2, 0) is 0 Å². The van der Waals surface area contributed by atoms with Crippen LogP contribution in [0.1, 0.15) is 13.3 Å². The maximum atomic E-state index is 5.66. The van der Waals surface area contributed by atoms with Crippen molar-refractivity contribution in [1.82, 2.24) is 0 Å². The summed E-state index contributed by atoms with van der Waals surface area (Å²) in [5.41, 5.74) is 8.00. The van der Waals surface area contributed by atoms with Gasteiger partial charge in [-0.05, 0) is 13.3 Å². The molecule has 0 atom stereocenters. The maximum Gasteiger partial charge on any atom is 0.125 e. The molecule has 1 aliphatic rings. The Hall–Kier alpha value is -1.31. The van der Waals surface area contributed by atoms with Crippen molar-refractivity contribution in [3.8, 4) is 0 Å². The van der Waals surface area contributed by atoms with Crippen LogP contribution in [0.5, 0.6) is 0 Å². The molecule has 0 aromatic carbocycles. The van der Waals surface area contributed by atoms with Crippen LogP contribution in [0.3, 0.4) is 0 Å². The fourth-order valence-electron chi connectivity index (χ4n) is 1.03. The molecule has 0 unspecified atom stereocenters. The smallest absolute Gasteiger partial charge is 0.125 e. The first-order valence-electron chi connectivity index (χ1n) is 4.00. The van der Waals surface area contributed by atoms with Gasteiger partial charge >= 0.3 is 0 Å². The molecule has 0 saturated carbocycles. The minimum absolute atomic E-state index is 0.595. The molecule has 0 heterocycles. The number of allylic oxidation sites excluding steroid dienone is 4. The van der Waals surface area contributed by atoms with Gasteiger partial charge in [0.05, 0.1) is 0 Å². The number of hydrogen-bond acceptors (Lipinski definition) is 1. The highest BCUT2D eigenvalue weighted by Crippen LogP contribution is 2.10. The van der Waals surface area contributed by atoms with E-state index in [0.29, 0.717) is 5.84 Å². The molecular weight excluding hydrogens is 148 g/mol. The summed E-state index contributed by atoms with van der Waals surface area (Å²) in [7, 11) is 1.70. The molecule has 0 bridgehead atoms. The lowest BCUT2D eigenvalue weighted by atomic mass is 10.2. The highest BCUT2D eigenvalue weighted by molar-refractivity contribution is 5.99. The SMILES string of the molecule is CN=C(N)C1=CC=C(C)CC=C1. The normalized spacial score (nSPS) is 18.3. The van der Waals surface area contributed by atoms with Gasteiger partial charge in [0.1, 0.15) is 5.84 Å². The number of amidine groups is 1. The van der Waals surface area contributed by atoms with E-state index in [1.54, 1.807) is 7.05 Å². The van der Waals surface area contributed by atoms with Crippen molar-refractivity contribution in [1.29, 1.82) is 0 Å². The number of rotatable bonds is 1. The Balaban J connectivity index is 2.92. The van der Waals surface area contributed by atoms with Crippen molar-refractivity contribution in [2.75, 3.05) is 7.05 Å². The second kappa shape index (κ2) is 3.90. The average Bonchev–Trinajstić information content (AvgIpc) is 2.29. The summed E-state index contributed by atoms with van der Waals surface area (Å²) in [6.45, 7) is 2.10. The lowest BCUT2D eigenvalue weighted by molar-refractivity contribution is 1.22. The Labute approximate surface area is 73.2 Å². The van der Waals surface area contributed by atoms with Crippen LogP contribution < -0.4 is 5.73 Å². The first-order valence-corrected chi connectivity index (χ1v) is 4.00. The number of hydrogen-bond donors (Lipinski definition) is 1. The zero-order valence-electron chi connectivity index (χ0n) is 7.54. The standard InChI is InChI=1S/C10H14N2/c1-8-4-3-5-9(7-6-8)10(11)12-2/h3,5-7H,4H2,1-2H3,(H2,11,12). The van der Waals surface area contributed by atoms with Gasteiger partial charge in [0.25, 0.3) is 0 Å². The Morgan fingerprint density at radius 2 is 2.25 bits per heavy atom. The van der Waals surface area contributed by atoms with Crippen molar-refractivity contribution >= 4 is 5.84 Å². The van der Waals surface area contributed by atoms with E-state index < -0.39 is 0 Å². The summed E-state index contributed by atoms with van der Waals surface area (Å²) in [6.07, 6.45) is 9.18. The van der Waals surface area contributed by atoms with Gasteiger partial charge in [-0.2, -0.15) is 0 Å². The summed E-state index contributed by atoms with van der Waals surface area (Å²) in [4.78, 5) is 3.92. The second-order valence-electron chi connectivity index (χ2n) is 2.85. The van der Waals surface area contributed by atoms with Crippen LogP contribution in [0.25, 0.3) is 0 Å². The summed E-state index contributed by atoms with van der Waals surface area (Å²) in [6, 6.07) is 0. The predicted molar refractivity (Wildman–Crippen MR) is 53.1 cm³/mol. The molecule has 0 saturated heterocycles. The molecule has 0 radical (unpaired) electrons. The third-order valence-electron chi connectivity index (χ3n) is 1.82. The van der Waals surface area contributed by atoms with Gasteiger partial charge in [-0.1, -0.05) is 29.9 Å². The molecule has 0 spiro atoms. The summed E-state index contributed by atoms with van der Waals surface area (Å²) in [5.74, 6) is 0.595. The maximum absolute atomic E-state index is 5.66. The van der Waals surface area contributed by atoms with Gasteiger partial charge in [-0.3, -0.25) is 4.99 Å². The molecule has 0 aromatic rings. The quantitative estimate of drug-likeness (QED) is 0.463. The van der Waals surface area contributed by atoms with Crippen molar-refractivity contribution in [2.45, 2.75) is 13.3 Å². The van der Waals surface area contributed by atoms with Gasteiger partial charge in [0, 0.05) is 12.6 Å². The Morgan fingerprint density at radius 3 is 2.92 bits per heavy atom. The zero-order chi connectivity index (χ0) is 8.97. The molecule has 0 fully saturated rings. The van der Waals surface area contributed by atoms with E-state index in [-0.39, 0.29) is 0 Å². The van der Waals surface area contributed by atoms with Crippen LogP contribution in [0.2, 0.25) is 0 Å². The number of aliphatic imine (C=N–C) groups is 1.